The molecule has 4 rings (SSSR count). The van der Waals surface area contributed by atoms with Gasteiger partial charge in [-0.15, -0.1) is 0 Å². The number of Topliss-reactive ketones (excluding diaryl/α,β-unsaturated/α-hetero) is 2. The van der Waals surface area contributed by atoms with E-state index in [9.17, 15) is 34.2 Å². The number of nitrogens with one attached hydrogen (secondary N) is 1. The maximum Gasteiger partial charge on any atom is 0.309 e. The van der Waals surface area contributed by atoms with Gasteiger partial charge in [0.2, 0.25) is 11.7 Å². The fourth-order valence-electron chi connectivity index (χ4n) is 4.73. The Hall–Kier alpha value is -3.33. The molecule has 0 spiro atoms. The summed E-state index contributed by atoms with van der Waals surface area (Å²) in [5.41, 5.74) is -0.322. The summed E-state index contributed by atoms with van der Waals surface area (Å²) in [7, 11) is 0. The lowest BCUT2D eigenvalue weighted by atomic mass is 9.83. The van der Waals surface area contributed by atoms with Crippen LogP contribution in [-0.4, -0.2) is 51.6 Å². The number of aromatic hydroxyl groups is 1. The maximum atomic E-state index is 13.3. The van der Waals surface area contributed by atoms with Crippen LogP contribution in [0.15, 0.2) is 17.8 Å². The van der Waals surface area contributed by atoms with Crippen molar-refractivity contribution in [3.8, 4) is 5.75 Å². The second kappa shape index (κ2) is 11.8. The summed E-state index contributed by atoms with van der Waals surface area (Å²) in [5.74, 6) is -3.71. The Morgan fingerprint density at radius 1 is 1.00 bits per heavy atom. The second-order valence-corrected chi connectivity index (χ2v) is 10.1. The van der Waals surface area contributed by atoms with Crippen LogP contribution in [0.2, 0.25) is 0 Å². The Morgan fingerprint density at radius 3 is 2.38 bits per heavy atom. The number of ether oxygens (including phenoxy) is 1. The van der Waals surface area contributed by atoms with E-state index in [4.69, 9.17) is 4.74 Å². The van der Waals surface area contributed by atoms with Crippen LogP contribution in [-0.2, 0) is 14.3 Å². The standard InChI is InChI=1S/C28H35NO8/c1-5-17-7-9-20(30)16(4)37-28(36)14(2)6-11-23(33)29-19-13-22(32)24-18(27(19)35)12-15(3)26(34)25(24)21(31)10-8-17/h12-14,16-17,20,30,34H,5-11H2,1-4H3,(H,29,33)/t14-,16+,17+,20-/m0/s1. The van der Waals surface area contributed by atoms with E-state index in [0.29, 0.717) is 19.3 Å². The zero-order valence-electron chi connectivity index (χ0n) is 21.8. The first-order valence-corrected chi connectivity index (χ1v) is 12.8. The highest BCUT2D eigenvalue weighted by molar-refractivity contribution is 6.28. The Balaban J connectivity index is 1.98. The third-order valence-electron chi connectivity index (χ3n) is 7.33. The second-order valence-electron chi connectivity index (χ2n) is 10.1. The number of rotatable bonds is 1. The van der Waals surface area contributed by atoms with Gasteiger partial charge in [-0.2, -0.15) is 0 Å². The summed E-state index contributed by atoms with van der Waals surface area (Å²) < 4.78 is 5.40. The Kier molecular flexibility index (Phi) is 9.02. The molecule has 1 aromatic carbocycles. The van der Waals surface area contributed by atoms with Gasteiger partial charge in [0.1, 0.15) is 11.9 Å². The molecule has 0 unspecified atom stereocenters. The molecule has 0 fully saturated rings. The van der Waals surface area contributed by atoms with Gasteiger partial charge < -0.3 is 20.3 Å². The molecule has 37 heavy (non-hydrogen) atoms. The number of hydrogen-bond acceptors (Lipinski definition) is 8. The molecule has 200 valence electrons. The molecule has 0 radical (unpaired) electrons. The molecule has 4 atom stereocenters. The fourth-order valence-corrected chi connectivity index (χ4v) is 4.73. The van der Waals surface area contributed by atoms with Crippen molar-refractivity contribution < 1.29 is 38.9 Å². The number of phenolic OH excluding ortho intramolecular Hbond substituents is 1. The molecular formula is C28H35NO8. The molecule has 3 aliphatic rings. The normalized spacial score (nSPS) is 26.4. The van der Waals surface area contributed by atoms with Crippen molar-refractivity contribution in [3.63, 3.8) is 0 Å². The Labute approximate surface area is 216 Å². The lowest BCUT2D eigenvalue weighted by Gasteiger charge is -2.24. The Morgan fingerprint density at radius 2 is 1.70 bits per heavy atom. The van der Waals surface area contributed by atoms with Gasteiger partial charge >= 0.3 is 5.97 Å². The number of phenols is 1. The lowest BCUT2D eigenvalue weighted by Crippen LogP contribution is -2.33. The third-order valence-corrected chi connectivity index (χ3v) is 7.33. The van der Waals surface area contributed by atoms with Crippen LogP contribution < -0.4 is 5.32 Å². The molecule has 1 aliphatic carbocycles. The average molecular weight is 514 g/mol. The van der Waals surface area contributed by atoms with Gasteiger partial charge in [-0.3, -0.25) is 24.0 Å². The van der Waals surface area contributed by atoms with Crippen molar-refractivity contribution >= 4 is 29.2 Å². The highest BCUT2D eigenvalue weighted by atomic mass is 16.6. The number of carbonyl (C=O) groups is 5. The zero-order valence-corrected chi connectivity index (χ0v) is 21.8. The van der Waals surface area contributed by atoms with Crippen LogP contribution in [0.25, 0.3) is 0 Å². The highest BCUT2D eigenvalue weighted by Gasteiger charge is 2.34. The van der Waals surface area contributed by atoms with E-state index in [1.165, 1.54) is 13.0 Å². The van der Waals surface area contributed by atoms with E-state index in [2.05, 4.69) is 5.32 Å². The first kappa shape index (κ1) is 28.2. The summed E-state index contributed by atoms with van der Waals surface area (Å²) >= 11 is 0. The molecule has 2 heterocycles. The highest BCUT2D eigenvalue weighted by Crippen LogP contribution is 2.35. The number of aliphatic hydroxyl groups is 1. The minimum absolute atomic E-state index is 0.0366. The topological polar surface area (TPSA) is 147 Å². The number of ketones is 3. The van der Waals surface area contributed by atoms with Crippen LogP contribution in [0, 0.1) is 18.8 Å². The third kappa shape index (κ3) is 6.33. The number of carbonyl (C=O) groups excluding carboxylic acids is 5. The predicted octanol–water partition coefficient (Wildman–Crippen LogP) is 3.57. The number of allylic oxidation sites excluding steroid dienone is 2. The average Bonchev–Trinajstić information content (AvgIpc) is 2.85. The van der Waals surface area contributed by atoms with Gasteiger partial charge in [-0.1, -0.05) is 20.3 Å². The van der Waals surface area contributed by atoms with E-state index in [1.54, 1.807) is 13.8 Å². The first-order chi connectivity index (χ1) is 17.4. The van der Waals surface area contributed by atoms with Crippen molar-refractivity contribution in [1.29, 1.82) is 0 Å². The van der Waals surface area contributed by atoms with Gasteiger partial charge in [0.15, 0.2) is 11.6 Å². The molecule has 4 bridgehead atoms. The van der Waals surface area contributed by atoms with Gasteiger partial charge in [0.25, 0.3) is 0 Å². The molecule has 0 saturated heterocycles. The van der Waals surface area contributed by atoms with Gasteiger partial charge in [-0.05, 0) is 57.1 Å². The predicted molar refractivity (Wildman–Crippen MR) is 134 cm³/mol. The number of amides is 1. The largest absolute Gasteiger partial charge is 0.507 e. The quantitative estimate of drug-likeness (QED) is 0.483. The molecule has 0 saturated carbocycles. The van der Waals surface area contributed by atoms with Gasteiger partial charge in [0.05, 0.1) is 23.3 Å². The molecule has 1 amide bonds. The maximum absolute atomic E-state index is 13.3. The summed E-state index contributed by atoms with van der Waals surface area (Å²) in [4.78, 5) is 64.5. The first-order valence-electron chi connectivity index (χ1n) is 12.8. The van der Waals surface area contributed by atoms with Crippen LogP contribution in [0.5, 0.6) is 5.75 Å². The van der Waals surface area contributed by atoms with Crippen molar-refractivity contribution in [2.75, 3.05) is 0 Å². The van der Waals surface area contributed by atoms with Crippen molar-refractivity contribution in [2.24, 2.45) is 11.8 Å². The van der Waals surface area contributed by atoms with E-state index >= 15 is 0 Å². The van der Waals surface area contributed by atoms with E-state index < -0.39 is 47.4 Å². The van der Waals surface area contributed by atoms with Crippen LogP contribution >= 0.6 is 0 Å². The number of esters is 1. The van der Waals surface area contributed by atoms with E-state index in [-0.39, 0.29) is 58.9 Å². The minimum Gasteiger partial charge on any atom is -0.507 e. The molecule has 9 heteroatoms. The molecular weight excluding hydrogens is 478 g/mol. The van der Waals surface area contributed by atoms with Crippen molar-refractivity contribution in [3.05, 3.63) is 40.1 Å². The summed E-state index contributed by atoms with van der Waals surface area (Å²) in [6.07, 6.45) is 1.58. The minimum atomic E-state index is -0.883. The fraction of sp³-hybridized carbons (Fsp3) is 0.536. The monoisotopic (exact) mass is 513 g/mol. The van der Waals surface area contributed by atoms with Gasteiger partial charge in [-0.25, -0.2) is 0 Å². The smallest absolute Gasteiger partial charge is 0.309 e. The lowest BCUT2D eigenvalue weighted by molar-refractivity contribution is -0.158. The number of benzene rings is 1. The molecule has 0 aromatic heterocycles. The summed E-state index contributed by atoms with van der Waals surface area (Å²) in [6.45, 7) is 6.74. The summed E-state index contributed by atoms with van der Waals surface area (Å²) in [5, 5.41) is 23.7. The Bertz CT molecular complexity index is 1150. The molecule has 2 aliphatic heterocycles. The van der Waals surface area contributed by atoms with Crippen LogP contribution in [0.1, 0.15) is 102 Å². The molecule has 9 nitrogen and oxygen atoms in total. The van der Waals surface area contributed by atoms with Crippen LogP contribution in [0.3, 0.4) is 0 Å². The number of aryl methyl sites for hydroxylation is 1. The number of aliphatic hydroxyl groups excluding tert-OH is 1. The zero-order chi connectivity index (χ0) is 27.4. The SMILES string of the molecule is CC[C@H]1CCC(=O)c2c(O)c(C)cc3c2C(=O)C=C(NC(=O)CC[C@H](C)C(=O)O[C@H](C)[C@@H](O)CC1)C3=O. The molecule has 3 N–H and O–H groups in total. The van der Waals surface area contributed by atoms with Crippen molar-refractivity contribution in [1.82, 2.24) is 5.32 Å². The number of fused-ring (bicyclic) bond motifs is 15. The summed E-state index contributed by atoms with van der Waals surface area (Å²) in [6, 6.07) is 1.35. The molecule has 1 aromatic rings. The van der Waals surface area contributed by atoms with Gasteiger partial charge in [0, 0.05) is 30.0 Å². The van der Waals surface area contributed by atoms with Crippen LogP contribution in [0.4, 0.5) is 0 Å². The van der Waals surface area contributed by atoms with E-state index in [0.717, 1.165) is 12.5 Å². The number of hydrogen-bond donors (Lipinski definition) is 3. The van der Waals surface area contributed by atoms with Crippen molar-refractivity contribution in [2.45, 2.75) is 84.8 Å². The van der Waals surface area contributed by atoms with E-state index in [1.807, 2.05) is 6.92 Å².